The molecule has 0 fully saturated rings. The fourth-order valence-electron chi connectivity index (χ4n) is 1.36. The van der Waals surface area contributed by atoms with Crippen LogP contribution in [0.25, 0.3) is 6.08 Å². The van der Waals surface area contributed by atoms with Crippen molar-refractivity contribution < 1.29 is 9.59 Å². The van der Waals surface area contributed by atoms with Crippen LogP contribution >= 0.6 is 11.8 Å². The number of carbonyl (C=O) groups excluding carboxylic acids is 2. The Balaban J connectivity index is 2.69. The van der Waals surface area contributed by atoms with E-state index in [0.29, 0.717) is 11.3 Å². The molecule has 0 saturated carbocycles. The van der Waals surface area contributed by atoms with E-state index in [1.54, 1.807) is 6.92 Å². The maximum atomic E-state index is 10.7. The van der Waals surface area contributed by atoms with Crippen LogP contribution in [0.3, 0.4) is 0 Å². The molecule has 0 saturated heterocycles. The van der Waals surface area contributed by atoms with Crippen molar-refractivity contribution in [2.45, 2.75) is 13.8 Å². The van der Waals surface area contributed by atoms with E-state index in [2.05, 4.69) is 0 Å². The van der Waals surface area contributed by atoms with Gasteiger partial charge in [0.15, 0.2) is 5.12 Å². The van der Waals surface area contributed by atoms with E-state index >= 15 is 0 Å². The van der Waals surface area contributed by atoms with Crippen molar-refractivity contribution in [3.63, 3.8) is 0 Å². The van der Waals surface area contributed by atoms with Gasteiger partial charge in [-0.15, -0.1) is 0 Å². The van der Waals surface area contributed by atoms with Crippen molar-refractivity contribution in [1.82, 2.24) is 0 Å². The van der Waals surface area contributed by atoms with E-state index in [4.69, 9.17) is 0 Å². The van der Waals surface area contributed by atoms with Gasteiger partial charge in [-0.25, -0.2) is 0 Å². The molecule has 0 heterocycles. The van der Waals surface area contributed by atoms with Gasteiger partial charge in [0.2, 0.25) is 0 Å². The molecule has 1 aromatic rings. The number of benzene rings is 1. The predicted octanol–water partition coefficient (Wildman–Crippen LogP) is 3.10. The predicted molar refractivity (Wildman–Crippen MR) is 68.7 cm³/mol. The Morgan fingerprint density at radius 1 is 1.31 bits per heavy atom. The lowest BCUT2D eigenvalue weighted by molar-refractivity contribution is -0.109. The highest BCUT2D eigenvalue weighted by Crippen LogP contribution is 2.11. The Morgan fingerprint density at radius 2 is 2.00 bits per heavy atom. The fourth-order valence-corrected chi connectivity index (χ4v) is 1.78. The van der Waals surface area contributed by atoms with Crippen LogP contribution in [0.5, 0.6) is 0 Å². The summed E-state index contributed by atoms with van der Waals surface area (Å²) in [4.78, 5) is 21.3. The Bertz CT molecular complexity index is 422. The van der Waals surface area contributed by atoms with Crippen LogP contribution in [0.4, 0.5) is 0 Å². The lowest BCUT2D eigenvalue weighted by Crippen LogP contribution is -1.85. The molecule has 0 amide bonds. The quantitative estimate of drug-likeness (QED) is 0.751. The van der Waals surface area contributed by atoms with Crippen LogP contribution in [0.2, 0.25) is 0 Å². The van der Waals surface area contributed by atoms with Crippen molar-refractivity contribution in [3.8, 4) is 0 Å². The number of hydrogen-bond donors (Lipinski definition) is 0. The van der Waals surface area contributed by atoms with E-state index in [9.17, 15) is 9.59 Å². The molecule has 1 aromatic carbocycles. The number of aryl methyl sites for hydroxylation is 1. The maximum absolute atomic E-state index is 10.7. The summed E-state index contributed by atoms with van der Waals surface area (Å²) in [5, 5.41) is 0.113. The monoisotopic (exact) mass is 234 g/mol. The van der Waals surface area contributed by atoms with Gasteiger partial charge < -0.3 is 0 Å². The van der Waals surface area contributed by atoms with Gasteiger partial charge in [-0.3, -0.25) is 9.59 Å². The molecule has 0 bridgehead atoms. The first-order chi connectivity index (χ1) is 7.61. The minimum atomic E-state index is 0.113. The molecule has 0 aliphatic heterocycles. The molecular weight excluding hydrogens is 220 g/mol. The summed E-state index contributed by atoms with van der Waals surface area (Å²) in [5.41, 5.74) is 2.73. The average Bonchev–Trinajstić information content (AvgIpc) is 2.23. The van der Waals surface area contributed by atoms with Crippen LogP contribution in [0.15, 0.2) is 24.3 Å². The van der Waals surface area contributed by atoms with Gasteiger partial charge in [0.1, 0.15) is 6.29 Å². The van der Waals surface area contributed by atoms with Crippen LogP contribution < -0.4 is 0 Å². The molecule has 0 spiro atoms. The van der Waals surface area contributed by atoms with Gasteiger partial charge in [0.25, 0.3) is 0 Å². The van der Waals surface area contributed by atoms with Crippen molar-refractivity contribution in [1.29, 1.82) is 0 Å². The summed E-state index contributed by atoms with van der Waals surface area (Å²) >= 11 is 1.27. The number of carbonyl (C=O) groups is 2. The topological polar surface area (TPSA) is 34.1 Å². The molecule has 0 radical (unpaired) electrons. The van der Waals surface area contributed by atoms with Gasteiger partial charge in [0, 0.05) is 18.2 Å². The molecular formula is C13H14O2S. The second-order valence-electron chi connectivity index (χ2n) is 3.50. The molecule has 84 valence electrons. The zero-order valence-electron chi connectivity index (χ0n) is 9.40. The average molecular weight is 234 g/mol. The van der Waals surface area contributed by atoms with Crippen molar-refractivity contribution >= 4 is 29.2 Å². The normalized spacial score (nSPS) is 10.6. The van der Waals surface area contributed by atoms with E-state index in [0.717, 1.165) is 17.4 Å². The largest absolute Gasteiger partial charge is 0.298 e. The van der Waals surface area contributed by atoms with Crippen LogP contribution in [-0.4, -0.2) is 17.2 Å². The van der Waals surface area contributed by atoms with Gasteiger partial charge in [-0.05, 0) is 30.2 Å². The second kappa shape index (κ2) is 6.28. The smallest absolute Gasteiger partial charge is 0.186 e. The van der Waals surface area contributed by atoms with Crippen molar-refractivity contribution in [2.75, 3.05) is 5.75 Å². The fraction of sp³-hybridized carbons (Fsp3) is 0.231. The van der Waals surface area contributed by atoms with Crippen LogP contribution in [0.1, 0.15) is 28.4 Å². The Hall–Kier alpha value is -1.35. The lowest BCUT2D eigenvalue weighted by Gasteiger charge is -1.98. The molecule has 0 aromatic heterocycles. The standard InChI is InChI=1S/C13H14O2S/c1-10-6-12(8-13(7-10)9-14)4-3-5-16-11(2)15/h3-4,6-9H,5H2,1-2H3. The van der Waals surface area contributed by atoms with E-state index in [1.165, 1.54) is 11.8 Å². The molecule has 16 heavy (non-hydrogen) atoms. The highest BCUT2D eigenvalue weighted by atomic mass is 32.2. The summed E-state index contributed by atoms with van der Waals surface area (Å²) in [7, 11) is 0. The van der Waals surface area contributed by atoms with Crippen molar-refractivity contribution in [3.05, 3.63) is 41.0 Å². The Labute approximate surface area is 99.7 Å². The minimum absolute atomic E-state index is 0.113. The molecule has 0 aliphatic carbocycles. The summed E-state index contributed by atoms with van der Waals surface area (Å²) in [6.45, 7) is 3.50. The van der Waals surface area contributed by atoms with Gasteiger partial charge in [0.05, 0.1) is 0 Å². The first-order valence-electron chi connectivity index (χ1n) is 4.98. The van der Waals surface area contributed by atoms with Gasteiger partial charge in [-0.1, -0.05) is 30.0 Å². The molecule has 0 unspecified atom stereocenters. The zero-order chi connectivity index (χ0) is 12.0. The number of aldehydes is 1. The lowest BCUT2D eigenvalue weighted by atomic mass is 10.1. The Morgan fingerprint density at radius 3 is 2.62 bits per heavy atom. The van der Waals surface area contributed by atoms with E-state index < -0.39 is 0 Å². The molecule has 1 rings (SSSR count). The van der Waals surface area contributed by atoms with Crippen molar-refractivity contribution in [2.24, 2.45) is 0 Å². The molecule has 0 aliphatic rings. The summed E-state index contributed by atoms with van der Waals surface area (Å²) in [6.07, 6.45) is 4.69. The first kappa shape index (κ1) is 12.7. The van der Waals surface area contributed by atoms with Gasteiger partial charge >= 0.3 is 0 Å². The molecule has 0 atom stereocenters. The molecule has 0 N–H and O–H groups in total. The van der Waals surface area contributed by atoms with E-state index in [1.807, 2.05) is 37.3 Å². The second-order valence-corrected chi connectivity index (χ2v) is 4.70. The Kier molecular flexibility index (Phi) is 4.99. The van der Waals surface area contributed by atoms with Crippen LogP contribution in [0, 0.1) is 6.92 Å². The zero-order valence-corrected chi connectivity index (χ0v) is 10.2. The third-order valence-corrected chi connectivity index (χ3v) is 2.72. The van der Waals surface area contributed by atoms with Crippen LogP contribution in [-0.2, 0) is 4.79 Å². The molecule has 2 nitrogen and oxygen atoms in total. The SMILES string of the molecule is CC(=O)SCC=Cc1cc(C)cc(C=O)c1. The minimum Gasteiger partial charge on any atom is -0.298 e. The summed E-state index contributed by atoms with van der Waals surface area (Å²) in [6, 6.07) is 5.67. The van der Waals surface area contributed by atoms with Gasteiger partial charge in [-0.2, -0.15) is 0 Å². The number of hydrogen-bond acceptors (Lipinski definition) is 3. The third kappa shape index (κ3) is 4.45. The third-order valence-electron chi connectivity index (χ3n) is 1.95. The molecule has 3 heteroatoms. The summed E-state index contributed by atoms with van der Waals surface area (Å²) < 4.78 is 0. The number of thioether (sulfide) groups is 1. The maximum Gasteiger partial charge on any atom is 0.186 e. The van der Waals surface area contributed by atoms with E-state index in [-0.39, 0.29) is 5.12 Å². The first-order valence-corrected chi connectivity index (χ1v) is 5.97. The highest BCUT2D eigenvalue weighted by molar-refractivity contribution is 8.13. The number of rotatable bonds is 4. The highest BCUT2D eigenvalue weighted by Gasteiger charge is 1.95. The summed E-state index contributed by atoms with van der Waals surface area (Å²) in [5.74, 6) is 0.666.